The number of nitrogens with zero attached hydrogens (tertiary/aromatic N) is 2. The Morgan fingerprint density at radius 3 is 2.62 bits per heavy atom. The molecule has 2 aromatic carbocycles. The number of rotatable bonds is 5. The van der Waals surface area contributed by atoms with E-state index in [2.05, 4.69) is 9.71 Å². The number of carbonyl (C=O) groups excluding carboxylic acids is 1. The molecule has 0 atom stereocenters. The number of benzene rings is 2. The van der Waals surface area contributed by atoms with Crippen LogP contribution in [0.15, 0.2) is 57.8 Å². The van der Waals surface area contributed by atoms with Crippen molar-refractivity contribution in [2.75, 3.05) is 26.0 Å². The van der Waals surface area contributed by atoms with Gasteiger partial charge >= 0.3 is 0 Å². The number of amides is 1. The summed E-state index contributed by atoms with van der Waals surface area (Å²) < 4.78 is 33.2. The molecular weight excluding hydrogens is 354 g/mol. The lowest BCUT2D eigenvalue weighted by Crippen LogP contribution is -2.35. The zero-order chi connectivity index (χ0) is 18.7. The zero-order valence-corrected chi connectivity index (χ0v) is 15.3. The fraction of sp³-hybridized carbons (Fsp3) is 0.222. The summed E-state index contributed by atoms with van der Waals surface area (Å²) in [4.78, 5) is 14.1. The van der Waals surface area contributed by atoms with Crippen LogP contribution in [-0.4, -0.2) is 45.8 Å². The Bertz CT molecular complexity index is 970. The number of likely N-dealkylation sites (N-methyl/N-ethyl adjacent to an activating group) is 1. The quantitative estimate of drug-likeness (QED) is 0.864. The number of nitrogens with one attached hydrogen (secondary N) is 1. The molecular formula is C18H19N3O4S. The first-order valence-corrected chi connectivity index (χ1v) is 9.38. The highest BCUT2D eigenvalue weighted by Crippen LogP contribution is 2.27. The monoisotopic (exact) mass is 373 g/mol. The molecule has 0 saturated carbocycles. The molecule has 1 aliphatic heterocycles. The Balaban J connectivity index is 1.75. The third kappa shape index (κ3) is 3.61. The van der Waals surface area contributed by atoms with E-state index >= 15 is 0 Å². The molecule has 0 radical (unpaired) electrons. The van der Waals surface area contributed by atoms with E-state index in [9.17, 15) is 13.2 Å². The largest absolute Gasteiger partial charge is 0.380 e. The van der Waals surface area contributed by atoms with Crippen LogP contribution in [0.4, 0.5) is 5.69 Å². The Hall–Kier alpha value is -2.71. The van der Waals surface area contributed by atoms with E-state index in [0.29, 0.717) is 17.9 Å². The number of ether oxygens (including phenoxy) is 1. The molecule has 1 amide bonds. The van der Waals surface area contributed by atoms with E-state index in [1.54, 1.807) is 38.4 Å². The van der Waals surface area contributed by atoms with Crippen LogP contribution >= 0.6 is 0 Å². The second kappa shape index (κ2) is 7.27. The van der Waals surface area contributed by atoms with Crippen molar-refractivity contribution in [1.82, 2.24) is 4.90 Å². The van der Waals surface area contributed by atoms with E-state index in [0.717, 1.165) is 5.56 Å². The number of amidine groups is 1. The lowest BCUT2D eigenvalue weighted by atomic mass is 10.2. The van der Waals surface area contributed by atoms with Crippen LogP contribution in [0.2, 0.25) is 0 Å². The smallest absolute Gasteiger partial charge is 0.285 e. The summed E-state index contributed by atoms with van der Waals surface area (Å²) in [5, 5.41) is 2.83. The van der Waals surface area contributed by atoms with Gasteiger partial charge in [0.25, 0.3) is 10.0 Å². The molecule has 7 nitrogen and oxygen atoms in total. The van der Waals surface area contributed by atoms with Gasteiger partial charge in [-0.1, -0.05) is 30.3 Å². The molecule has 0 spiro atoms. The van der Waals surface area contributed by atoms with E-state index in [1.807, 2.05) is 18.2 Å². The maximum Gasteiger partial charge on any atom is 0.285 e. The van der Waals surface area contributed by atoms with Gasteiger partial charge in [0, 0.05) is 31.0 Å². The van der Waals surface area contributed by atoms with E-state index < -0.39 is 10.0 Å². The van der Waals surface area contributed by atoms with Crippen LogP contribution in [0.3, 0.4) is 0 Å². The number of para-hydroxylation sites is 1. The van der Waals surface area contributed by atoms with Gasteiger partial charge in [0.2, 0.25) is 5.91 Å². The van der Waals surface area contributed by atoms with Crippen LogP contribution < -0.4 is 5.32 Å². The van der Waals surface area contributed by atoms with Gasteiger partial charge < -0.3 is 15.0 Å². The summed E-state index contributed by atoms with van der Waals surface area (Å²) in [5.74, 6) is -0.0125. The number of sulfonamides is 1. The molecule has 0 aromatic heterocycles. The fourth-order valence-corrected chi connectivity index (χ4v) is 4.02. The molecule has 0 unspecified atom stereocenters. The summed E-state index contributed by atoms with van der Waals surface area (Å²) >= 11 is 0. The average Bonchev–Trinajstić information content (AvgIpc) is 2.89. The maximum atomic E-state index is 12.4. The van der Waals surface area contributed by atoms with Gasteiger partial charge in [-0.05, 0) is 18.2 Å². The second-order valence-electron chi connectivity index (χ2n) is 5.88. The molecule has 1 N–H and O–H groups in total. The third-order valence-corrected chi connectivity index (χ3v) is 5.27. The third-order valence-electron chi connectivity index (χ3n) is 3.95. The number of hydrogen-bond acceptors (Lipinski definition) is 5. The molecule has 26 heavy (non-hydrogen) atoms. The topological polar surface area (TPSA) is 88.1 Å². The second-order valence-corrected chi connectivity index (χ2v) is 7.45. The van der Waals surface area contributed by atoms with Crippen molar-refractivity contribution in [1.29, 1.82) is 0 Å². The summed E-state index contributed by atoms with van der Waals surface area (Å²) in [7, 11) is -0.489. The van der Waals surface area contributed by atoms with Crippen LogP contribution in [0.25, 0.3) is 0 Å². The standard InChI is InChI=1S/C18H19N3O4S/c1-21(18-14-8-4-6-10-16(14)26(23,24)20-18)11-17(22)19-15-9-5-3-7-13(15)12-25-2/h3-10H,11-12H2,1-2H3,(H,19,22). The minimum atomic E-state index is -3.71. The molecule has 0 saturated heterocycles. The molecule has 3 rings (SSSR count). The summed E-state index contributed by atoms with van der Waals surface area (Å²) in [6.07, 6.45) is 0. The lowest BCUT2D eigenvalue weighted by Gasteiger charge is -2.19. The van der Waals surface area contributed by atoms with Crippen molar-refractivity contribution in [2.45, 2.75) is 11.5 Å². The molecule has 1 aliphatic rings. The molecule has 0 aliphatic carbocycles. The van der Waals surface area contributed by atoms with Crippen LogP contribution in [0, 0.1) is 0 Å². The van der Waals surface area contributed by atoms with Crippen LogP contribution in [0.5, 0.6) is 0 Å². The van der Waals surface area contributed by atoms with Gasteiger partial charge in [-0.25, -0.2) is 0 Å². The van der Waals surface area contributed by atoms with Gasteiger partial charge in [0.1, 0.15) is 4.90 Å². The average molecular weight is 373 g/mol. The highest BCUT2D eigenvalue weighted by Gasteiger charge is 2.30. The number of hydrogen-bond donors (Lipinski definition) is 1. The van der Waals surface area contributed by atoms with Crippen molar-refractivity contribution >= 4 is 27.5 Å². The van der Waals surface area contributed by atoms with E-state index in [4.69, 9.17) is 4.74 Å². The van der Waals surface area contributed by atoms with Gasteiger partial charge in [-0.3, -0.25) is 4.79 Å². The summed E-state index contributed by atoms with van der Waals surface area (Å²) in [5.41, 5.74) is 2.02. The van der Waals surface area contributed by atoms with Gasteiger partial charge in [0.15, 0.2) is 5.84 Å². The molecule has 1 heterocycles. The first-order valence-electron chi connectivity index (χ1n) is 7.94. The first kappa shape index (κ1) is 18.1. The predicted molar refractivity (Wildman–Crippen MR) is 98.6 cm³/mol. The molecule has 2 aromatic rings. The van der Waals surface area contributed by atoms with Crippen molar-refractivity contribution in [2.24, 2.45) is 4.40 Å². The van der Waals surface area contributed by atoms with Crippen molar-refractivity contribution in [3.8, 4) is 0 Å². The molecule has 0 fully saturated rings. The SMILES string of the molecule is COCc1ccccc1NC(=O)CN(C)C1=NS(=O)(=O)c2ccccc21. The summed E-state index contributed by atoms with van der Waals surface area (Å²) in [6.45, 7) is 0.342. The normalized spacial score (nSPS) is 14.5. The highest BCUT2D eigenvalue weighted by molar-refractivity contribution is 7.90. The highest BCUT2D eigenvalue weighted by atomic mass is 32.2. The Kier molecular flexibility index (Phi) is 5.06. The van der Waals surface area contributed by atoms with Crippen molar-refractivity contribution in [3.63, 3.8) is 0 Å². The number of anilines is 1. The van der Waals surface area contributed by atoms with Gasteiger partial charge in [-0.2, -0.15) is 8.42 Å². The fourth-order valence-electron chi connectivity index (χ4n) is 2.77. The number of carbonyl (C=O) groups is 1. The van der Waals surface area contributed by atoms with Crippen molar-refractivity contribution in [3.05, 3.63) is 59.7 Å². The Morgan fingerprint density at radius 1 is 1.15 bits per heavy atom. The number of fused-ring (bicyclic) bond motifs is 1. The minimum absolute atomic E-state index is 0.0377. The Labute approximate surface area is 152 Å². The van der Waals surface area contributed by atoms with Crippen LogP contribution in [-0.2, 0) is 26.2 Å². The first-order chi connectivity index (χ1) is 12.4. The molecule has 8 heteroatoms. The number of methoxy groups -OCH3 is 1. The summed E-state index contributed by atoms with van der Waals surface area (Å²) in [6, 6.07) is 13.9. The zero-order valence-electron chi connectivity index (χ0n) is 14.5. The van der Waals surface area contributed by atoms with Crippen molar-refractivity contribution < 1.29 is 17.9 Å². The maximum absolute atomic E-state index is 12.4. The molecule has 0 bridgehead atoms. The lowest BCUT2D eigenvalue weighted by molar-refractivity contribution is -0.116. The molecule has 136 valence electrons. The van der Waals surface area contributed by atoms with Gasteiger partial charge in [0.05, 0.1) is 13.2 Å². The Morgan fingerprint density at radius 2 is 1.85 bits per heavy atom. The van der Waals surface area contributed by atoms with Crippen LogP contribution in [0.1, 0.15) is 11.1 Å². The van der Waals surface area contributed by atoms with E-state index in [1.165, 1.54) is 11.0 Å². The minimum Gasteiger partial charge on any atom is -0.380 e. The predicted octanol–water partition coefficient (Wildman–Crippen LogP) is 1.85. The van der Waals surface area contributed by atoms with Gasteiger partial charge in [-0.15, -0.1) is 4.40 Å². The van der Waals surface area contributed by atoms with E-state index in [-0.39, 0.29) is 23.2 Å².